The minimum atomic E-state index is 0.229. The Morgan fingerprint density at radius 3 is 2.41 bits per heavy atom. The van der Waals surface area contributed by atoms with Gasteiger partial charge in [0.25, 0.3) is 0 Å². The predicted octanol–water partition coefficient (Wildman–Crippen LogP) is -0.575. The fraction of sp³-hybridized carbons (Fsp3) is 0.727. The van der Waals surface area contributed by atoms with E-state index >= 15 is 0 Å². The van der Waals surface area contributed by atoms with Gasteiger partial charge in [0.2, 0.25) is 0 Å². The number of piperazine rings is 1. The van der Waals surface area contributed by atoms with Crippen LogP contribution in [0, 0.1) is 6.92 Å². The first kappa shape index (κ1) is 12.2. The Morgan fingerprint density at radius 1 is 1.29 bits per heavy atom. The monoisotopic (exact) mass is 239 g/mol. The van der Waals surface area contributed by atoms with Crippen LogP contribution in [0.4, 0.5) is 11.5 Å². The van der Waals surface area contributed by atoms with E-state index in [1.165, 1.54) is 0 Å². The number of aliphatic hydroxyl groups is 1. The maximum Gasteiger partial charge on any atom is 0.150 e. The molecule has 1 aliphatic heterocycles. The van der Waals surface area contributed by atoms with Crippen molar-refractivity contribution in [3.63, 3.8) is 0 Å². The van der Waals surface area contributed by atoms with Crippen molar-refractivity contribution in [2.45, 2.75) is 6.92 Å². The van der Waals surface area contributed by atoms with E-state index in [1.807, 2.05) is 18.7 Å². The maximum atomic E-state index is 8.90. The van der Waals surface area contributed by atoms with Gasteiger partial charge in [-0.15, -0.1) is 0 Å². The third kappa shape index (κ3) is 2.37. The summed E-state index contributed by atoms with van der Waals surface area (Å²) in [6, 6.07) is 0. The summed E-state index contributed by atoms with van der Waals surface area (Å²) >= 11 is 0. The van der Waals surface area contributed by atoms with E-state index in [0.29, 0.717) is 0 Å². The molecule has 1 aromatic heterocycles. The van der Waals surface area contributed by atoms with Crippen LogP contribution in [0.25, 0.3) is 0 Å². The van der Waals surface area contributed by atoms with Crippen LogP contribution < -0.4 is 10.6 Å². The molecular formula is C11H21N5O. The highest BCUT2D eigenvalue weighted by molar-refractivity contribution is 5.66. The lowest BCUT2D eigenvalue weighted by Crippen LogP contribution is -2.47. The molecular weight excluding hydrogens is 218 g/mol. The highest BCUT2D eigenvalue weighted by atomic mass is 16.3. The van der Waals surface area contributed by atoms with Gasteiger partial charge in [0.05, 0.1) is 18.0 Å². The number of aliphatic hydroxyl groups excluding tert-OH is 1. The Hall–Kier alpha value is -1.27. The van der Waals surface area contributed by atoms with Crippen LogP contribution in [0.5, 0.6) is 0 Å². The average Bonchev–Trinajstić information content (AvgIpc) is 2.55. The SMILES string of the molecule is Cc1nn(C)c(N2CCN(CCO)CC2)c1N. The Balaban J connectivity index is 2.05. The Morgan fingerprint density at radius 2 is 1.94 bits per heavy atom. The van der Waals surface area contributed by atoms with Gasteiger partial charge in [-0.1, -0.05) is 0 Å². The molecule has 6 nitrogen and oxygen atoms in total. The number of hydrogen-bond donors (Lipinski definition) is 2. The number of β-amino-alcohol motifs (C(OH)–C–C–N with tert-alkyl or cyclic N) is 1. The molecule has 1 saturated heterocycles. The molecule has 96 valence electrons. The minimum absolute atomic E-state index is 0.229. The minimum Gasteiger partial charge on any atom is -0.395 e. The van der Waals surface area contributed by atoms with Crippen molar-refractivity contribution in [3.8, 4) is 0 Å². The van der Waals surface area contributed by atoms with Crippen molar-refractivity contribution in [1.29, 1.82) is 0 Å². The Labute approximate surface area is 102 Å². The van der Waals surface area contributed by atoms with Gasteiger partial charge in [-0.25, -0.2) is 0 Å². The number of aryl methyl sites for hydroxylation is 2. The molecule has 0 unspecified atom stereocenters. The quantitative estimate of drug-likeness (QED) is 0.739. The molecule has 0 bridgehead atoms. The van der Waals surface area contributed by atoms with Gasteiger partial charge in [0, 0.05) is 39.8 Å². The zero-order valence-electron chi connectivity index (χ0n) is 10.6. The predicted molar refractivity (Wildman–Crippen MR) is 68.1 cm³/mol. The first-order valence-electron chi connectivity index (χ1n) is 6.00. The lowest BCUT2D eigenvalue weighted by atomic mass is 10.3. The second-order valence-electron chi connectivity index (χ2n) is 4.50. The van der Waals surface area contributed by atoms with Crippen LogP contribution in [0.2, 0.25) is 0 Å². The molecule has 0 radical (unpaired) electrons. The number of rotatable bonds is 3. The van der Waals surface area contributed by atoms with E-state index in [9.17, 15) is 0 Å². The zero-order chi connectivity index (χ0) is 12.4. The summed E-state index contributed by atoms with van der Waals surface area (Å²) in [6.07, 6.45) is 0. The molecule has 0 amide bonds. The normalized spacial score (nSPS) is 17.7. The van der Waals surface area contributed by atoms with Gasteiger partial charge < -0.3 is 15.7 Å². The number of nitrogen functional groups attached to an aromatic ring is 1. The standard InChI is InChI=1S/C11H21N5O/c1-9-10(12)11(14(2)13-9)16-5-3-15(4-6-16)7-8-17/h17H,3-8,12H2,1-2H3. The van der Waals surface area contributed by atoms with E-state index in [4.69, 9.17) is 10.8 Å². The molecule has 0 spiro atoms. The smallest absolute Gasteiger partial charge is 0.150 e. The molecule has 0 atom stereocenters. The second kappa shape index (κ2) is 4.93. The van der Waals surface area contributed by atoms with Crippen molar-refractivity contribution in [3.05, 3.63) is 5.69 Å². The van der Waals surface area contributed by atoms with Crippen molar-refractivity contribution >= 4 is 11.5 Å². The molecule has 1 fully saturated rings. The van der Waals surface area contributed by atoms with Crippen molar-refractivity contribution < 1.29 is 5.11 Å². The van der Waals surface area contributed by atoms with Gasteiger partial charge in [0.15, 0.2) is 0 Å². The zero-order valence-corrected chi connectivity index (χ0v) is 10.6. The second-order valence-corrected chi connectivity index (χ2v) is 4.50. The molecule has 6 heteroatoms. The average molecular weight is 239 g/mol. The molecule has 1 aromatic rings. The van der Waals surface area contributed by atoms with Crippen molar-refractivity contribution in [1.82, 2.24) is 14.7 Å². The van der Waals surface area contributed by atoms with Gasteiger partial charge in [0.1, 0.15) is 5.82 Å². The van der Waals surface area contributed by atoms with Crippen LogP contribution in [-0.4, -0.2) is 59.1 Å². The van der Waals surface area contributed by atoms with Gasteiger partial charge >= 0.3 is 0 Å². The van der Waals surface area contributed by atoms with E-state index in [2.05, 4.69) is 14.9 Å². The van der Waals surface area contributed by atoms with Crippen molar-refractivity contribution in [2.75, 3.05) is 50.0 Å². The summed E-state index contributed by atoms with van der Waals surface area (Å²) in [7, 11) is 1.93. The third-order valence-corrected chi connectivity index (χ3v) is 3.33. The van der Waals surface area contributed by atoms with E-state index < -0.39 is 0 Å². The topological polar surface area (TPSA) is 70.5 Å². The number of hydrogen-bond acceptors (Lipinski definition) is 5. The molecule has 3 N–H and O–H groups in total. The van der Waals surface area contributed by atoms with Gasteiger partial charge in [-0.3, -0.25) is 9.58 Å². The highest BCUT2D eigenvalue weighted by Crippen LogP contribution is 2.26. The lowest BCUT2D eigenvalue weighted by molar-refractivity contribution is 0.188. The summed E-state index contributed by atoms with van der Waals surface area (Å²) in [5, 5.41) is 13.2. The summed E-state index contributed by atoms with van der Waals surface area (Å²) in [5.41, 5.74) is 7.72. The summed E-state index contributed by atoms with van der Waals surface area (Å²) < 4.78 is 1.85. The third-order valence-electron chi connectivity index (χ3n) is 3.33. The fourth-order valence-corrected chi connectivity index (χ4v) is 2.36. The van der Waals surface area contributed by atoms with Crippen LogP contribution in [-0.2, 0) is 7.05 Å². The largest absolute Gasteiger partial charge is 0.395 e. The fourth-order valence-electron chi connectivity index (χ4n) is 2.36. The Bertz CT molecular complexity index is 381. The summed E-state index contributed by atoms with van der Waals surface area (Å²) in [6.45, 7) is 6.71. The van der Waals surface area contributed by atoms with E-state index in [0.717, 1.165) is 49.9 Å². The molecule has 1 aliphatic rings. The van der Waals surface area contributed by atoms with Crippen molar-refractivity contribution in [2.24, 2.45) is 7.05 Å². The first-order chi connectivity index (χ1) is 8.13. The summed E-state index contributed by atoms with van der Waals surface area (Å²) in [4.78, 5) is 4.53. The molecule has 0 aromatic carbocycles. The number of nitrogens with zero attached hydrogens (tertiary/aromatic N) is 4. The van der Waals surface area contributed by atoms with Gasteiger partial charge in [-0.05, 0) is 6.92 Å². The van der Waals surface area contributed by atoms with E-state index in [-0.39, 0.29) is 6.61 Å². The lowest BCUT2D eigenvalue weighted by Gasteiger charge is -2.35. The Kier molecular flexibility index (Phi) is 3.54. The first-order valence-corrected chi connectivity index (χ1v) is 6.00. The maximum absolute atomic E-state index is 8.90. The molecule has 2 heterocycles. The van der Waals surface area contributed by atoms with Crippen LogP contribution in [0.3, 0.4) is 0 Å². The van der Waals surface area contributed by atoms with Crippen LogP contribution >= 0.6 is 0 Å². The van der Waals surface area contributed by atoms with E-state index in [1.54, 1.807) is 0 Å². The molecule has 0 aliphatic carbocycles. The number of aromatic nitrogens is 2. The molecule has 0 saturated carbocycles. The molecule has 2 rings (SSSR count). The highest BCUT2D eigenvalue weighted by Gasteiger charge is 2.22. The van der Waals surface area contributed by atoms with Crippen LogP contribution in [0.1, 0.15) is 5.69 Å². The van der Waals surface area contributed by atoms with Gasteiger partial charge in [-0.2, -0.15) is 5.10 Å². The molecule has 17 heavy (non-hydrogen) atoms. The van der Waals surface area contributed by atoms with Crippen LogP contribution in [0.15, 0.2) is 0 Å². The number of nitrogens with two attached hydrogens (primary N) is 1. The summed E-state index contributed by atoms with van der Waals surface area (Å²) in [5.74, 6) is 1.02. The number of anilines is 2.